The fourth-order valence-electron chi connectivity index (χ4n) is 1.63. The summed E-state index contributed by atoms with van der Waals surface area (Å²) in [6.07, 6.45) is -0.408. The molecule has 2 unspecified atom stereocenters. The van der Waals surface area contributed by atoms with Crippen molar-refractivity contribution in [3.05, 3.63) is 28.2 Å². The molecule has 4 heteroatoms. The topological polar surface area (TPSA) is 41.5 Å². The summed E-state index contributed by atoms with van der Waals surface area (Å²) in [4.78, 5) is 0. The molecule has 3 nitrogen and oxygen atoms in total. The number of aliphatic hydroxyl groups is 1. The number of hydrogen-bond acceptors (Lipinski definition) is 3. The van der Waals surface area contributed by atoms with Gasteiger partial charge >= 0.3 is 0 Å². The SMILES string of the molecule is Cc1cc(NC2COCC2O)ccc1Br. The molecule has 2 N–H and O–H groups in total. The van der Waals surface area contributed by atoms with E-state index in [1.165, 1.54) is 5.56 Å². The third-order valence-corrected chi connectivity index (χ3v) is 3.45. The van der Waals surface area contributed by atoms with Crippen LogP contribution in [0.1, 0.15) is 5.56 Å². The molecule has 0 aromatic heterocycles. The number of halogens is 1. The molecule has 15 heavy (non-hydrogen) atoms. The molecule has 1 aromatic carbocycles. The summed E-state index contributed by atoms with van der Waals surface area (Å²) in [5, 5.41) is 12.8. The van der Waals surface area contributed by atoms with Gasteiger partial charge in [0.25, 0.3) is 0 Å². The first-order valence-electron chi connectivity index (χ1n) is 4.95. The highest BCUT2D eigenvalue weighted by molar-refractivity contribution is 9.10. The van der Waals surface area contributed by atoms with Crippen molar-refractivity contribution in [2.45, 2.75) is 19.1 Å². The number of anilines is 1. The van der Waals surface area contributed by atoms with Gasteiger partial charge in [0, 0.05) is 10.2 Å². The third kappa shape index (κ3) is 2.51. The maximum absolute atomic E-state index is 9.58. The molecular formula is C11H14BrNO2. The fraction of sp³-hybridized carbons (Fsp3) is 0.455. The molecule has 1 saturated heterocycles. The lowest BCUT2D eigenvalue weighted by molar-refractivity contribution is 0.125. The molecule has 1 heterocycles. The van der Waals surface area contributed by atoms with Crippen molar-refractivity contribution in [1.82, 2.24) is 0 Å². The van der Waals surface area contributed by atoms with Crippen molar-refractivity contribution >= 4 is 21.6 Å². The molecule has 0 saturated carbocycles. The Balaban J connectivity index is 2.07. The second-order valence-electron chi connectivity index (χ2n) is 3.82. The monoisotopic (exact) mass is 271 g/mol. The van der Waals surface area contributed by atoms with E-state index in [-0.39, 0.29) is 6.04 Å². The predicted octanol–water partition coefficient (Wildman–Crippen LogP) is 1.93. The molecule has 1 aliphatic rings. The van der Waals surface area contributed by atoms with E-state index in [1.54, 1.807) is 0 Å². The molecule has 0 aliphatic carbocycles. The standard InChI is InChI=1S/C11H14BrNO2/c1-7-4-8(2-3-9(7)12)13-10-5-15-6-11(10)14/h2-4,10-11,13-14H,5-6H2,1H3. The van der Waals surface area contributed by atoms with Crippen molar-refractivity contribution in [3.8, 4) is 0 Å². The van der Waals surface area contributed by atoms with Gasteiger partial charge < -0.3 is 15.2 Å². The smallest absolute Gasteiger partial charge is 0.0996 e. The van der Waals surface area contributed by atoms with Gasteiger partial charge in [-0.2, -0.15) is 0 Å². The molecule has 82 valence electrons. The van der Waals surface area contributed by atoms with Crippen LogP contribution in [0.5, 0.6) is 0 Å². The summed E-state index contributed by atoms with van der Waals surface area (Å²) < 4.78 is 6.27. The van der Waals surface area contributed by atoms with E-state index in [0.717, 1.165) is 10.2 Å². The van der Waals surface area contributed by atoms with Crippen LogP contribution in [0.15, 0.2) is 22.7 Å². The summed E-state index contributed by atoms with van der Waals surface area (Å²) in [7, 11) is 0. The average molecular weight is 272 g/mol. The van der Waals surface area contributed by atoms with Crippen molar-refractivity contribution in [2.24, 2.45) is 0 Å². The highest BCUT2D eigenvalue weighted by atomic mass is 79.9. The number of aliphatic hydroxyl groups excluding tert-OH is 1. The van der Waals surface area contributed by atoms with Crippen LogP contribution in [0.4, 0.5) is 5.69 Å². The van der Waals surface area contributed by atoms with E-state index in [4.69, 9.17) is 4.74 Å². The number of nitrogens with one attached hydrogen (secondary N) is 1. The second-order valence-corrected chi connectivity index (χ2v) is 4.67. The first kappa shape index (κ1) is 10.9. The van der Waals surface area contributed by atoms with Crippen molar-refractivity contribution < 1.29 is 9.84 Å². The Hall–Kier alpha value is -0.580. The van der Waals surface area contributed by atoms with Crippen LogP contribution >= 0.6 is 15.9 Å². The van der Waals surface area contributed by atoms with E-state index < -0.39 is 6.10 Å². The van der Waals surface area contributed by atoms with Gasteiger partial charge in [0.05, 0.1) is 25.4 Å². The molecule has 0 radical (unpaired) electrons. The van der Waals surface area contributed by atoms with Crippen molar-refractivity contribution in [1.29, 1.82) is 0 Å². The Morgan fingerprint density at radius 3 is 2.87 bits per heavy atom. The average Bonchev–Trinajstić information content (AvgIpc) is 2.59. The Kier molecular flexibility index (Phi) is 3.29. The van der Waals surface area contributed by atoms with Gasteiger partial charge in [-0.3, -0.25) is 0 Å². The number of ether oxygens (including phenoxy) is 1. The molecule has 2 atom stereocenters. The normalized spacial score (nSPS) is 25.5. The van der Waals surface area contributed by atoms with Gasteiger partial charge in [0.1, 0.15) is 0 Å². The zero-order valence-corrected chi connectivity index (χ0v) is 10.1. The van der Waals surface area contributed by atoms with E-state index in [0.29, 0.717) is 13.2 Å². The summed E-state index contributed by atoms with van der Waals surface area (Å²) >= 11 is 3.45. The lowest BCUT2D eigenvalue weighted by Gasteiger charge is -2.16. The van der Waals surface area contributed by atoms with Crippen LogP contribution < -0.4 is 5.32 Å². The Morgan fingerprint density at radius 1 is 1.47 bits per heavy atom. The quantitative estimate of drug-likeness (QED) is 0.864. The largest absolute Gasteiger partial charge is 0.388 e. The van der Waals surface area contributed by atoms with E-state index in [1.807, 2.05) is 19.1 Å². The molecule has 1 fully saturated rings. The number of benzene rings is 1. The maximum atomic E-state index is 9.58. The number of rotatable bonds is 2. The Morgan fingerprint density at radius 2 is 2.27 bits per heavy atom. The minimum atomic E-state index is -0.408. The first-order chi connectivity index (χ1) is 7.16. The minimum absolute atomic E-state index is 0.00516. The van der Waals surface area contributed by atoms with Crippen LogP contribution in [0.25, 0.3) is 0 Å². The molecule has 0 bridgehead atoms. The second kappa shape index (κ2) is 4.51. The Labute approximate surface area is 97.6 Å². The maximum Gasteiger partial charge on any atom is 0.0996 e. The van der Waals surface area contributed by atoms with Gasteiger partial charge in [-0.1, -0.05) is 15.9 Å². The van der Waals surface area contributed by atoms with Crippen LogP contribution in [-0.4, -0.2) is 30.5 Å². The highest BCUT2D eigenvalue weighted by Crippen LogP contribution is 2.21. The van der Waals surface area contributed by atoms with Crippen LogP contribution in [-0.2, 0) is 4.74 Å². The van der Waals surface area contributed by atoms with E-state index >= 15 is 0 Å². The van der Waals surface area contributed by atoms with Crippen LogP contribution in [0, 0.1) is 6.92 Å². The van der Waals surface area contributed by atoms with E-state index in [9.17, 15) is 5.11 Å². The van der Waals surface area contributed by atoms with Crippen molar-refractivity contribution in [3.63, 3.8) is 0 Å². The number of hydrogen-bond donors (Lipinski definition) is 2. The highest BCUT2D eigenvalue weighted by Gasteiger charge is 2.25. The number of aryl methyl sites for hydroxylation is 1. The third-order valence-electron chi connectivity index (χ3n) is 2.56. The van der Waals surface area contributed by atoms with Gasteiger partial charge in [0.15, 0.2) is 0 Å². The van der Waals surface area contributed by atoms with Crippen LogP contribution in [0.2, 0.25) is 0 Å². The zero-order chi connectivity index (χ0) is 10.8. The van der Waals surface area contributed by atoms with Gasteiger partial charge in [-0.15, -0.1) is 0 Å². The predicted molar refractivity (Wildman–Crippen MR) is 63.1 cm³/mol. The summed E-state index contributed by atoms with van der Waals surface area (Å²) in [5.74, 6) is 0. The zero-order valence-electron chi connectivity index (χ0n) is 8.53. The minimum Gasteiger partial charge on any atom is -0.388 e. The first-order valence-corrected chi connectivity index (χ1v) is 5.74. The van der Waals surface area contributed by atoms with E-state index in [2.05, 4.69) is 27.3 Å². The molecule has 0 spiro atoms. The molecule has 2 rings (SSSR count). The molecule has 0 amide bonds. The Bertz CT molecular complexity index is 356. The summed E-state index contributed by atoms with van der Waals surface area (Å²) in [6, 6.07) is 6.04. The summed E-state index contributed by atoms with van der Waals surface area (Å²) in [5.41, 5.74) is 2.19. The summed E-state index contributed by atoms with van der Waals surface area (Å²) in [6.45, 7) is 3.03. The van der Waals surface area contributed by atoms with Crippen molar-refractivity contribution in [2.75, 3.05) is 18.5 Å². The fourth-order valence-corrected chi connectivity index (χ4v) is 1.88. The molecule has 1 aromatic rings. The van der Waals surface area contributed by atoms with Crippen LogP contribution in [0.3, 0.4) is 0 Å². The lowest BCUT2D eigenvalue weighted by Crippen LogP contribution is -2.31. The molecular weight excluding hydrogens is 258 g/mol. The van der Waals surface area contributed by atoms with Gasteiger partial charge in [0.2, 0.25) is 0 Å². The molecule has 1 aliphatic heterocycles. The lowest BCUT2D eigenvalue weighted by atomic mass is 10.1. The van der Waals surface area contributed by atoms with Gasteiger partial charge in [-0.25, -0.2) is 0 Å². The van der Waals surface area contributed by atoms with Gasteiger partial charge in [-0.05, 0) is 30.7 Å².